The molecule has 1 aromatic rings. The third kappa shape index (κ3) is 4.04. The fraction of sp³-hybridized carbons (Fsp3) is 0.500. The Balaban J connectivity index is 1.93. The third-order valence-corrected chi connectivity index (χ3v) is 3.90. The second kappa shape index (κ2) is 7.22. The van der Waals surface area contributed by atoms with E-state index in [4.69, 9.17) is 4.74 Å². The summed E-state index contributed by atoms with van der Waals surface area (Å²) in [5.74, 6) is -0.455. The molecular weight excluding hydrogens is 268 g/mol. The number of hydrogen-bond donors (Lipinski definition) is 2. The second-order valence-electron chi connectivity index (χ2n) is 5.36. The minimum Gasteiger partial charge on any atom is -0.467 e. The van der Waals surface area contributed by atoms with Crippen LogP contribution in [0.5, 0.6) is 0 Å². The first-order valence-electron chi connectivity index (χ1n) is 7.30. The van der Waals surface area contributed by atoms with Crippen LogP contribution in [-0.2, 0) is 20.7 Å². The van der Waals surface area contributed by atoms with Crippen LogP contribution in [0.1, 0.15) is 24.8 Å². The van der Waals surface area contributed by atoms with Crippen LogP contribution in [0.2, 0.25) is 0 Å². The molecule has 21 heavy (non-hydrogen) atoms. The van der Waals surface area contributed by atoms with Crippen LogP contribution >= 0.6 is 0 Å². The number of esters is 1. The number of aryl methyl sites for hydroxylation is 1. The van der Waals surface area contributed by atoms with E-state index in [0.29, 0.717) is 38.8 Å². The van der Waals surface area contributed by atoms with E-state index in [1.165, 1.54) is 7.11 Å². The van der Waals surface area contributed by atoms with Gasteiger partial charge in [0.1, 0.15) is 5.54 Å². The van der Waals surface area contributed by atoms with Gasteiger partial charge in [0.2, 0.25) is 5.91 Å². The lowest BCUT2D eigenvalue weighted by Crippen LogP contribution is -2.59. The third-order valence-electron chi connectivity index (χ3n) is 3.90. The van der Waals surface area contributed by atoms with Crippen molar-refractivity contribution in [2.75, 3.05) is 20.2 Å². The quantitative estimate of drug-likeness (QED) is 0.795. The van der Waals surface area contributed by atoms with Gasteiger partial charge >= 0.3 is 5.97 Å². The van der Waals surface area contributed by atoms with E-state index in [2.05, 4.69) is 10.6 Å². The Labute approximate surface area is 125 Å². The Hall–Kier alpha value is -1.88. The molecule has 1 saturated heterocycles. The molecule has 0 spiro atoms. The highest BCUT2D eigenvalue weighted by Gasteiger charge is 2.41. The van der Waals surface area contributed by atoms with Gasteiger partial charge in [-0.1, -0.05) is 30.3 Å². The van der Waals surface area contributed by atoms with Crippen LogP contribution in [-0.4, -0.2) is 37.6 Å². The molecule has 2 rings (SSSR count). The number of nitrogens with one attached hydrogen (secondary N) is 2. The van der Waals surface area contributed by atoms with Crippen molar-refractivity contribution >= 4 is 11.9 Å². The molecule has 1 aliphatic heterocycles. The molecule has 0 aliphatic carbocycles. The van der Waals surface area contributed by atoms with E-state index in [9.17, 15) is 9.59 Å². The van der Waals surface area contributed by atoms with E-state index in [1.54, 1.807) is 0 Å². The molecule has 1 aromatic carbocycles. The Kier molecular flexibility index (Phi) is 5.33. The summed E-state index contributed by atoms with van der Waals surface area (Å²) in [6.07, 6.45) is 2.17. The molecule has 0 aromatic heterocycles. The lowest BCUT2D eigenvalue weighted by atomic mass is 9.88. The van der Waals surface area contributed by atoms with E-state index >= 15 is 0 Å². The molecule has 0 unspecified atom stereocenters. The summed E-state index contributed by atoms with van der Waals surface area (Å²) in [5.41, 5.74) is 0.249. The molecule has 114 valence electrons. The van der Waals surface area contributed by atoms with Crippen LogP contribution in [0.3, 0.4) is 0 Å². The number of benzene rings is 1. The van der Waals surface area contributed by atoms with Crippen molar-refractivity contribution in [1.29, 1.82) is 0 Å². The molecule has 0 bridgehead atoms. The minimum atomic E-state index is -0.867. The molecule has 0 radical (unpaired) electrons. The molecule has 0 saturated carbocycles. The van der Waals surface area contributed by atoms with Crippen molar-refractivity contribution in [3.05, 3.63) is 35.9 Å². The van der Waals surface area contributed by atoms with E-state index in [0.717, 1.165) is 5.56 Å². The van der Waals surface area contributed by atoms with Crippen molar-refractivity contribution in [3.63, 3.8) is 0 Å². The first kappa shape index (κ1) is 15.5. The predicted molar refractivity (Wildman–Crippen MR) is 79.8 cm³/mol. The fourth-order valence-corrected chi connectivity index (χ4v) is 2.66. The SMILES string of the molecule is COC(=O)C1(NC(=O)CCc2ccccc2)CCNCC1. The number of hydrogen-bond acceptors (Lipinski definition) is 4. The normalized spacial score (nSPS) is 17.0. The first-order chi connectivity index (χ1) is 10.2. The maximum Gasteiger partial charge on any atom is 0.331 e. The highest BCUT2D eigenvalue weighted by atomic mass is 16.5. The van der Waals surface area contributed by atoms with Gasteiger partial charge in [-0.25, -0.2) is 4.79 Å². The summed E-state index contributed by atoms with van der Waals surface area (Å²) in [6, 6.07) is 9.85. The Morgan fingerprint density at radius 2 is 1.90 bits per heavy atom. The lowest BCUT2D eigenvalue weighted by Gasteiger charge is -2.35. The lowest BCUT2D eigenvalue weighted by molar-refractivity contribution is -0.152. The summed E-state index contributed by atoms with van der Waals surface area (Å²) in [7, 11) is 1.36. The number of amides is 1. The van der Waals surface area contributed by atoms with Crippen molar-refractivity contribution < 1.29 is 14.3 Å². The van der Waals surface area contributed by atoms with Gasteiger partial charge in [0.25, 0.3) is 0 Å². The zero-order chi connectivity index (χ0) is 15.1. The molecule has 1 heterocycles. The van der Waals surface area contributed by atoms with Gasteiger partial charge < -0.3 is 15.4 Å². The molecule has 0 atom stereocenters. The first-order valence-corrected chi connectivity index (χ1v) is 7.30. The summed E-state index contributed by atoms with van der Waals surface area (Å²) >= 11 is 0. The van der Waals surface area contributed by atoms with Crippen molar-refractivity contribution in [3.8, 4) is 0 Å². The van der Waals surface area contributed by atoms with Crippen LogP contribution < -0.4 is 10.6 Å². The van der Waals surface area contributed by atoms with Crippen LogP contribution in [0.4, 0.5) is 0 Å². The molecule has 1 fully saturated rings. The molecule has 5 nitrogen and oxygen atoms in total. The average Bonchev–Trinajstić information content (AvgIpc) is 2.54. The number of carbonyl (C=O) groups is 2. The van der Waals surface area contributed by atoms with Crippen LogP contribution in [0, 0.1) is 0 Å². The maximum absolute atomic E-state index is 12.2. The number of methoxy groups -OCH3 is 1. The summed E-state index contributed by atoms with van der Waals surface area (Å²) < 4.78 is 4.88. The smallest absolute Gasteiger partial charge is 0.331 e. The second-order valence-corrected chi connectivity index (χ2v) is 5.36. The molecular formula is C16H22N2O3. The van der Waals surface area contributed by atoms with Gasteiger partial charge in [0.05, 0.1) is 7.11 Å². The predicted octanol–water partition coefficient (Wildman–Crippen LogP) is 1.03. The van der Waals surface area contributed by atoms with Gasteiger partial charge in [0, 0.05) is 6.42 Å². The Bertz CT molecular complexity index is 482. The number of rotatable bonds is 5. The maximum atomic E-state index is 12.2. The van der Waals surface area contributed by atoms with Gasteiger partial charge in [-0.15, -0.1) is 0 Å². The zero-order valence-corrected chi connectivity index (χ0v) is 12.4. The topological polar surface area (TPSA) is 67.4 Å². The van der Waals surface area contributed by atoms with Crippen molar-refractivity contribution in [2.45, 2.75) is 31.2 Å². The molecule has 2 N–H and O–H groups in total. The van der Waals surface area contributed by atoms with Gasteiger partial charge in [0.15, 0.2) is 0 Å². The van der Waals surface area contributed by atoms with Gasteiger partial charge in [-0.2, -0.15) is 0 Å². The van der Waals surface area contributed by atoms with Crippen molar-refractivity contribution in [2.24, 2.45) is 0 Å². The monoisotopic (exact) mass is 290 g/mol. The zero-order valence-electron chi connectivity index (χ0n) is 12.4. The molecule has 1 amide bonds. The van der Waals surface area contributed by atoms with Crippen LogP contribution in [0.15, 0.2) is 30.3 Å². The Morgan fingerprint density at radius 3 is 2.52 bits per heavy atom. The van der Waals surface area contributed by atoms with E-state index in [-0.39, 0.29) is 11.9 Å². The summed E-state index contributed by atoms with van der Waals surface area (Å²) in [6.45, 7) is 1.40. The van der Waals surface area contributed by atoms with Gasteiger partial charge in [-0.3, -0.25) is 4.79 Å². The highest BCUT2D eigenvalue weighted by Crippen LogP contribution is 2.20. The van der Waals surface area contributed by atoms with Crippen LogP contribution in [0.25, 0.3) is 0 Å². The number of carbonyl (C=O) groups excluding carboxylic acids is 2. The summed E-state index contributed by atoms with van der Waals surface area (Å²) in [4.78, 5) is 24.2. The molecule has 1 aliphatic rings. The molecule has 5 heteroatoms. The van der Waals surface area contributed by atoms with E-state index in [1.807, 2.05) is 30.3 Å². The number of piperidine rings is 1. The Morgan fingerprint density at radius 1 is 1.24 bits per heavy atom. The minimum absolute atomic E-state index is 0.105. The summed E-state index contributed by atoms with van der Waals surface area (Å²) in [5, 5.41) is 6.09. The van der Waals surface area contributed by atoms with Gasteiger partial charge in [-0.05, 0) is 37.9 Å². The standard InChI is InChI=1S/C16H22N2O3/c1-21-15(20)16(9-11-17-12-10-16)18-14(19)8-7-13-5-3-2-4-6-13/h2-6,17H,7-12H2,1H3,(H,18,19). The fourth-order valence-electron chi connectivity index (χ4n) is 2.66. The van der Waals surface area contributed by atoms with E-state index < -0.39 is 5.54 Å². The highest BCUT2D eigenvalue weighted by molar-refractivity contribution is 5.88. The number of ether oxygens (including phenoxy) is 1. The van der Waals surface area contributed by atoms with Crippen molar-refractivity contribution in [1.82, 2.24) is 10.6 Å². The largest absolute Gasteiger partial charge is 0.467 e. The average molecular weight is 290 g/mol.